The molecule has 1 saturated heterocycles. The Bertz CT molecular complexity index is 449. The van der Waals surface area contributed by atoms with Gasteiger partial charge in [0.25, 0.3) is 0 Å². The number of amides is 1. The molecule has 1 heterocycles. The Balaban J connectivity index is 2.13. The molecule has 0 spiro atoms. The van der Waals surface area contributed by atoms with Crippen LogP contribution in [0, 0.1) is 5.92 Å². The molecule has 3 heteroatoms. The van der Waals surface area contributed by atoms with Gasteiger partial charge < -0.3 is 4.90 Å². The highest BCUT2D eigenvalue weighted by Gasteiger charge is 2.31. The second kappa shape index (κ2) is 7.22. The number of hydrogen-bond acceptors (Lipinski definition) is 2. The Kier molecular flexibility index (Phi) is 5.33. The van der Waals surface area contributed by atoms with Crippen LogP contribution in [0.5, 0.6) is 0 Å². The molecule has 0 aliphatic carbocycles. The summed E-state index contributed by atoms with van der Waals surface area (Å²) in [6, 6.07) is 9.20. The molecule has 1 amide bonds. The number of benzene rings is 1. The van der Waals surface area contributed by atoms with Crippen molar-refractivity contribution in [3.05, 3.63) is 35.9 Å². The lowest BCUT2D eigenvalue weighted by Gasteiger charge is -2.22. The van der Waals surface area contributed by atoms with Gasteiger partial charge >= 0.3 is 0 Å². The zero-order chi connectivity index (χ0) is 14.4. The van der Waals surface area contributed by atoms with E-state index in [1.165, 1.54) is 0 Å². The Labute approximate surface area is 121 Å². The minimum absolute atomic E-state index is 0.0176. The SMILES string of the molecule is CCCCC(C(=O)c1ccccc1)C(=O)N1CCCC1. The van der Waals surface area contributed by atoms with Crippen molar-refractivity contribution in [3.8, 4) is 0 Å². The molecule has 0 radical (unpaired) electrons. The van der Waals surface area contributed by atoms with E-state index >= 15 is 0 Å². The van der Waals surface area contributed by atoms with Crippen LogP contribution in [0.2, 0.25) is 0 Å². The predicted octanol–water partition coefficient (Wildman–Crippen LogP) is 3.30. The van der Waals surface area contributed by atoms with Gasteiger partial charge in [0.2, 0.25) is 5.91 Å². The van der Waals surface area contributed by atoms with Gasteiger partial charge in [0.1, 0.15) is 5.92 Å². The second-order valence-electron chi connectivity index (χ2n) is 5.46. The third-order valence-electron chi connectivity index (χ3n) is 3.94. The summed E-state index contributed by atoms with van der Waals surface area (Å²) in [6.45, 7) is 3.71. The number of hydrogen-bond donors (Lipinski definition) is 0. The van der Waals surface area contributed by atoms with Gasteiger partial charge in [-0.1, -0.05) is 50.1 Å². The van der Waals surface area contributed by atoms with Crippen LogP contribution >= 0.6 is 0 Å². The molecule has 0 N–H and O–H groups in total. The predicted molar refractivity (Wildman–Crippen MR) is 79.6 cm³/mol. The van der Waals surface area contributed by atoms with E-state index in [-0.39, 0.29) is 11.7 Å². The third-order valence-corrected chi connectivity index (χ3v) is 3.94. The average molecular weight is 273 g/mol. The Hall–Kier alpha value is -1.64. The van der Waals surface area contributed by atoms with Crippen LogP contribution in [0.1, 0.15) is 49.4 Å². The molecule has 3 nitrogen and oxygen atoms in total. The first-order chi connectivity index (χ1) is 9.74. The normalized spacial score (nSPS) is 16.1. The first-order valence-electron chi connectivity index (χ1n) is 7.62. The van der Waals surface area contributed by atoms with Crippen LogP contribution in [-0.4, -0.2) is 29.7 Å². The Morgan fingerprint density at radius 2 is 1.80 bits per heavy atom. The lowest BCUT2D eigenvalue weighted by molar-refractivity contribution is -0.133. The molecule has 1 atom stereocenters. The summed E-state index contributed by atoms with van der Waals surface area (Å²) in [4.78, 5) is 27.0. The van der Waals surface area contributed by atoms with Gasteiger partial charge in [-0.25, -0.2) is 0 Å². The Morgan fingerprint density at radius 3 is 2.40 bits per heavy atom. The van der Waals surface area contributed by atoms with Crippen LogP contribution in [0.15, 0.2) is 30.3 Å². The summed E-state index contributed by atoms with van der Waals surface area (Å²) in [5.41, 5.74) is 0.654. The number of unbranched alkanes of at least 4 members (excludes halogenated alkanes) is 1. The van der Waals surface area contributed by atoms with Crippen molar-refractivity contribution >= 4 is 11.7 Å². The standard InChI is InChI=1S/C17H23NO2/c1-2-3-11-15(17(20)18-12-7-8-13-18)16(19)14-9-5-4-6-10-14/h4-6,9-10,15H,2-3,7-8,11-13H2,1H3. The molecule has 0 saturated carbocycles. The fraction of sp³-hybridized carbons (Fsp3) is 0.529. The molecule has 108 valence electrons. The van der Waals surface area contributed by atoms with E-state index in [1.807, 2.05) is 23.1 Å². The first-order valence-corrected chi connectivity index (χ1v) is 7.62. The Morgan fingerprint density at radius 1 is 1.15 bits per heavy atom. The van der Waals surface area contributed by atoms with Crippen LogP contribution in [0.3, 0.4) is 0 Å². The quantitative estimate of drug-likeness (QED) is 0.589. The van der Waals surface area contributed by atoms with Crippen LogP contribution in [0.25, 0.3) is 0 Å². The highest BCUT2D eigenvalue weighted by atomic mass is 16.2. The number of Topliss-reactive ketones (excluding diaryl/α,β-unsaturated/α-hetero) is 1. The van der Waals surface area contributed by atoms with Gasteiger partial charge in [0.15, 0.2) is 5.78 Å². The van der Waals surface area contributed by atoms with Gasteiger partial charge in [-0.2, -0.15) is 0 Å². The second-order valence-corrected chi connectivity index (χ2v) is 5.46. The van der Waals surface area contributed by atoms with Gasteiger partial charge in [0, 0.05) is 18.7 Å². The maximum absolute atomic E-state index is 12.6. The van der Waals surface area contributed by atoms with Gasteiger partial charge in [-0.15, -0.1) is 0 Å². The lowest BCUT2D eigenvalue weighted by Crippen LogP contribution is -2.37. The molecule has 1 aliphatic heterocycles. The van der Waals surface area contributed by atoms with Crippen LogP contribution < -0.4 is 0 Å². The molecule has 1 aliphatic rings. The van der Waals surface area contributed by atoms with E-state index in [9.17, 15) is 9.59 Å². The van der Waals surface area contributed by atoms with Gasteiger partial charge in [-0.05, 0) is 19.3 Å². The van der Waals surface area contributed by atoms with Crippen molar-refractivity contribution in [3.63, 3.8) is 0 Å². The van der Waals surface area contributed by atoms with E-state index < -0.39 is 5.92 Å². The first kappa shape index (κ1) is 14.8. The van der Waals surface area contributed by atoms with Gasteiger partial charge in [0.05, 0.1) is 0 Å². The van der Waals surface area contributed by atoms with Crippen molar-refractivity contribution in [1.29, 1.82) is 0 Å². The van der Waals surface area contributed by atoms with Crippen molar-refractivity contribution in [2.24, 2.45) is 5.92 Å². The van der Waals surface area contributed by atoms with Crippen molar-refractivity contribution in [2.75, 3.05) is 13.1 Å². The van der Waals surface area contributed by atoms with Crippen molar-refractivity contribution < 1.29 is 9.59 Å². The maximum Gasteiger partial charge on any atom is 0.233 e. The summed E-state index contributed by atoms with van der Waals surface area (Å²) in [5, 5.41) is 0. The molecular weight excluding hydrogens is 250 g/mol. The van der Waals surface area contributed by atoms with E-state index in [0.29, 0.717) is 12.0 Å². The summed E-state index contributed by atoms with van der Waals surface area (Å²) in [5.74, 6) is -0.476. The highest BCUT2D eigenvalue weighted by molar-refractivity contribution is 6.10. The summed E-state index contributed by atoms with van der Waals surface area (Å²) >= 11 is 0. The zero-order valence-corrected chi connectivity index (χ0v) is 12.2. The summed E-state index contributed by atoms with van der Waals surface area (Å²) < 4.78 is 0. The molecule has 2 rings (SSSR count). The number of nitrogens with zero attached hydrogens (tertiary/aromatic N) is 1. The summed E-state index contributed by atoms with van der Waals surface area (Å²) in [6.07, 6.45) is 4.71. The fourth-order valence-corrected chi connectivity index (χ4v) is 2.74. The molecule has 1 fully saturated rings. The smallest absolute Gasteiger partial charge is 0.233 e. The molecule has 1 aromatic carbocycles. The summed E-state index contributed by atoms with van der Waals surface area (Å²) in [7, 11) is 0. The van der Waals surface area contributed by atoms with E-state index in [1.54, 1.807) is 12.1 Å². The fourth-order valence-electron chi connectivity index (χ4n) is 2.74. The topological polar surface area (TPSA) is 37.4 Å². The molecule has 0 bridgehead atoms. The van der Waals surface area contributed by atoms with E-state index in [0.717, 1.165) is 38.8 Å². The van der Waals surface area contributed by atoms with Crippen LogP contribution in [0.4, 0.5) is 0 Å². The number of carbonyl (C=O) groups excluding carboxylic acids is 2. The average Bonchev–Trinajstić information content (AvgIpc) is 3.02. The molecule has 0 aromatic heterocycles. The van der Waals surface area contributed by atoms with E-state index in [2.05, 4.69) is 6.92 Å². The minimum atomic E-state index is -0.490. The minimum Gasteiger partial charge on any atom is -0.342 e. The van der Waals surface area contributed by atoms with Crippen LogP contribution in [-0.2, 0) is 4.79 Å². The monoisotopic (exact) mass is 273 g/mol. The largest absolute Gasteiger partial charge is 0.342 e. The molecule has 20 heavy (non-hydrogen) atoms. The van der Waals surface area contributed by atoms with Crippen molar-refractivity contribution in [2.45, 2.75) is 39.0 Å². The number of ketones is 1. The molecule has 1 aromatic rings. The molecule has 1 unspecified atom stereocenters. The number of likely N-dealkylation sites (tertiary alicyclic amines) is 1. The van der Waals surface area contributed by atoms with Crippen molar-refractivity contribution in [1.82, 2.24) is 4.90 Å². The maximum atomic E-state index is 12.6. The zero-order valence-electron chi connectivity index (χ0n) is 12.2. The molecular formula is C17H23NO2. The highest BCUT2D eigenvalue weighted by Crippen LogP contribution is 2.21. The van der Waals surface area contributed by atoms with Gasteiger partial charge in [-0.3, -0.25) is 9.59 Å². The number of carbonyl (C=O) groups is 2. The number of rotatable bonds is 6. The van der Waals surface area contributed by atoms with E-state index in [4.69, 9.17) is 0 Å². The third kappa shape index (κ3) is 3.47. The lowest BCUT2D eigenvalue weighted by atomic mass is 9.91.